The molecule has 1 aliphatic rings. The summed E-state index contributed by atoms with van der Waals surface area (Å²) in [6.07, 6.45) is 1.12. The van der Waals surface area contributed by atoms with Gasteiger partial charge in [0.05, 0.1) is 6.42 Å². The van der Waals surface area contributed by atoms with E-state index in [-0.39, 0.29) is 24.5 Å². The summed E-state index contributed by atoms with van der Waals surface area (Å²) in [7, 11) is 0. The molecule has 1 atom stereocenters. The van der Waals surface area contributed by atoms with Crippen molar-refractivity contribution in [1.29, 1.82) is 0 Å². The molecule has 1 fully saturated rings. The third-order valence-corrected chi connectivity index (χ3v) is 4.40. The number of hydrogen-bond donors (Lipinski definition) is 2. The summed E-state index contributed by atoms with van der Waals surface area (Å²) < 4.78 is 0. The van der Waals surface area contributed by atoms with Gasteiger partial charge in [0.25, 0.3) is 0 Å². The molecular formula is C13H24N2O3S. The average Bonchev–Trinajstić information content (AvgIpc) is 2.76. The molecule has 5 nitrogen and oxygen atoms in total. The quantitative estimate of drug-likeness (QED) is 0.812. The van der Waals surface area contributed by atoms with Crippen LogP contribution < -0.4 is 5.32 Å². The number of hydrogen-bond acceptors (Lipinski definition) is 3. The van der Waals surface area contributed by atoms with E-state index in [0.29, 0.717) is 12.5 Å². The molecule has 1 aliphatic heterocycles. The molecule has 1 unspecified atom stereocenters. The minimum atomic E-state index is -0.880. The molecule has 0 aromatic heterocycles. The van der Waals surface area contributed by atoms with Crippen molar-refractivity contribution < 1.29 is 14.7 Å². The Hall–Kier alpha value is -0.910. The van der Waals surface area contributed by atoms with Crippen molar-refractivity contribution in [3.8, 4) is 0 Å². The van der Waals surface area contributed by atoms with Gasteiger partial charge >= 0.3 is 12.0 Å². The van der Waals surface area contributed by atoms with Crippen LogP contribution in [0.15, 0.2) is 0 Å². The van der Waals surface area contributed by atoms with Crippen LogP contribution in [-0.4, -0.2) is 52.1 Å². The second-order valence-electron chi connectivity index (χ2n) is 5.88. The van der Waals surface area contributed by atoms with Crippen LogP contribution in [0.1, 0.15) is 33.6 Å². The maximum Gasteiger partial charge on any atom is 0.317 e. The summed E-state index contributed by atoms with van der Waals surface area (Å²) >= 11 is 1.92. The average molecular weight is 288 g/mol. The van der Waals surface area contributed by atoms with Gasteiger partial charge in [-0.05, 0) is 44.6 Å². The molecule has 1 saturated heterocycles. The zero-order valence-electron chi connectivity index (χ0n) is 11.9. The number of nitrogens with one attached hydrogen (secondary N) is 1. The number of amides is 2. The summed E-state index contributed by atoms with van der Waals surface area (Å²) in [6, 6.07) is -0.161. The fourth-order valence-electron chi connectivity index (χ4n) is 2.02. The standard InChI is InChI=1S/C13H24N2O3S/c1-13(2,3)15(6-4-11(16)17)12(18)14-8-10-5-7-19-9-10/h10H,4-9H2,1-3H3,(H,14,18)(H,16,17). The molecule has 2 amide bonds. The van der Waals surface area contributed by atoms with Gasteiger partial charge < -0.3 is 15.3 Å². The molecule has 0 saturated carbocycles. The van der Waals surface area contributed by atoms with Crippen molar-refractivity contribution in [2.75, 3.05) is 24.6 Å². The Balaban J connectivity index is 2.48. The monoisotopic (exact) mass is 288 g/mol. The fourth-order valence-corrected chi connectivity index (χ4v) is 3.30. The third-order valence-electron chi connectivity index (χ3n) is 3.17. The number of aliphatic carboxylic acids is 1. The van der Waals surface area contributed by atoms with E-state index in [1.54, 1.807) is 4.90 Å². The van der Waals surface area contributed by atoms with Crippen LogP contribution in [0.4, 0.5) is 4.79 Å². The maximum atomic E-state index is 12.2. The minimum absolute atomic E-state index is 0.0238. The Morgan fingerprint density at radius 2 is 2.11 bits per heavy atom. The molecule has 1 rings (SSSR count). The molecule has 0 aromatic rings. The van der Waals surface area contributed by atoms with E-state index in [4.69, 9.17) is 5.11 Å². The van der Waals surface area contributed by atoms with Crippen LogP contribution in [0.25, 0.3) is 0 Å². The Labute approximate surface area is 119 Å². The first-order valence-corrected chi connectivity index (χ1v) is 7.81. The van der Waals surface area contributed by atoms with Crippen molar-refractivity contribution in [1.82, 2.24) is 10.2 Å². The lowest BCUT2D eigenvalue weighted by molar-refractivity contribution is -0.137. The lowest BCUT2D eigenvalue weighted by atomic mass is 10.1. The Kier molecular flexibility index (Phi) is 5.97. The van der Waals surface area contributed by atoms with Gasteiger partial charge in [0.1, 0.15) is 0 Å². The highest BCUT2D eigenvalue weighted by molar-refractivity contribution is 7.99. The Morgan fingerprint density at radius 3 is 2.58 bits per heavy atom. The van der Waals surface area contributed by atoms with E-state index in [9.17, 15) is 9.59 Å². The molecule has 2 N–H and O–H groups in total. The highest BCUT2D eigenvalue weighted by atomic mass is 32.2. The van der Waals surface area contributed by atoms with E-state index in [1.165, 1.54) is 5.75 Å². The van der Waals surface area contributed by atoms with Crippen molar-refractivity contribution >= 4 is 23.8 Å². The Bertz CT molecular complexity index is 322. The predicted octanol–water partition coefficient (Wildman–Crippen LogP) is 2.02. The topological polar surface area (TPSA) is 69.6 Å². The summed E-state index contributed by atoms with van der Waals surface area (Å²) in [5.74, 6) is 1.94. The van der Waals surface area contributed by atoms with Crippen LogP contribution in [0.5, 0.6) is 0 Å². The summed E-state index contributed by atoms with van der Waals surface area (Å²) in [4.78, 5) is 24.4. The van der Waals surface area contributed by atoms with Crippen molar-refractivity contribution in [2.24, 2.45) is 5.92 Å². The first-order chi connectivity index (χ1) is 8.80. The zero-order valence-corrected chi connectivity index (χ0v) is 12.8. The number of rotatable bonds is 5. The van der Waals surface area contributed by atoms with Crippen LogP contribution in [0.3, 0.4) is 0 Å². The highest BCUT2D eigenvalue weighted by Gasteiger charge is 2.27. The fraction of sp³-hybridized carbons (Fsp3) is 0.846. The molecule has 19 heavy (non-hydrogen) atoms. The predicted molar refractivity (Wildman–Crippen MR) is 77.5 cm³/mol. The van der Waals surface area contributed by atoms with E-state index in [1.807, 2.05) is 32.5 Å². The molecule has 0 aromatic carbocycles. The van der Waals surface area contributed by atoms with Crippen molar-refractivity contribution in [3.05, 3.63) is 0 Å². The molecular weight excluding hydrogens is 264 g/mol. The molecule has 0 spiro atoms. The van der Waals surface area contributed by atoms with Crippen molar-refractivity contribution in [2.45, 2.75) is 39.2 Å². The largest absolute Gasteiger partial charge is 0.481 e. The third kappa shape index (κ3) is 5.72. The molecule has 0 radical (unpaired) electrons. The van der Waals surface area contributed by atoms with Gasteiger partial charge in [-0.2, -0.15) is 11.8 Å². The zero-order chi connectivity index (χ0) is 14.5. The summed E-state index contributed by atoms with van der Waals surface area (Å²) in [6.45, 7) is 6.68. The molecule has 0 aliphatic carbocycles. The van der Waals surface area contributed by atoms with Crippen LogP contribution in [0, 0.1) is 5.92 Å². The smallest absolute Gasteiger partial charge is 0.317 e. The van der Waals surface area contributed by atoms with Crippen LogP contribution >= 0.6 is 11.8 Å². The number of carboxylic acid groups (broad SMARTS) is 1. The van der Waals surface area contributed by atoms with Gasteiger partial charge in [-0.25, -0.2) is 4.79 Å². The first kappa shape index (κ1) is 16.1. The first-order valence-electron chi connectivity index (χ1n) is 6.65. The van der Waals surface area contributed by atoms with Gasteiger partial charge in [-0.15, -0.1) is 0 Å². The maximum absolute atomic E-state index is 12.2. The molecule has 110 valence electrons. The van der Waals surface area contributed by atoms with Gasteiger partial charge in [-0.3, -0.25) is 4.79 Å². The lowest BCUT2D eigenvalue weighted by Crippen LogP contribution is -2.51. The summed E-state index contributed by atoms with van der Waals surface area (Å²) in [5.41, 5.74) is -0.371. The lowest BCUT2D eigenvalue weighted by Gasteiger charge is -2.35. The van der Waals surface area contributed by atoms with Gasteiger partial charge in [-0.1, -0.05) is 0 Å². The molecule has 6 heteroatoms. The van der Waals surface area contributed by atoms with Gasteiger partial charge in [0.2, 0.25) is 0 Å². The number of urea groups is 1. The Morgan fingerprint density at radius 1 is 1.42 bits per heavy atom. The summed E-state index contributed by atoms with van der Waals surface area (Å²) in [5, 5.41) is 11.7. The SMILES string of the molecule is CC(C)(C)N(CCC(=O)O)C(=O)NCC1CCSC1. The highest BCUT2D eigenvalue weighted by Crippen LogP contribution is 2.22. The van der Waals surface area contributed by atoms with E-state index < -0.39 is 5.97 Å². The van der Waals surface area contributed by atoms with E-state index in [0.717, 1.165) is 12.2 Å². The molecule has 1 heterocycles. The number of carbonyl (C=O) groups is 2. The van der Waals surface area contributed by atoms with Gasteiger partial charge in [0, 0.05) is 18.6 Å². The van der Waals surface area contributed by atoms with E-state index >= 15 is 0 Å². The minimum Gasteiger partial charge on any atom is -0.481 e. The normalized spacial score (nSPS) is 19.2. The van der Waals surface area contributed by atoms with Crippen LogP contribution in [-0.2, 0) is 4.79 Å². The second kappa shape index (κ2) is 7.03. The molecule has 0 bridgehead atoms. The van der Waals surface area contributed by atoms with Gasteiger partial charge in [0.15, 0.2) is 0 Å². The van der Waals surface area contributed by atoms with E-state index in [2.05, 4.69) is 5.32 Å². The number of carbonyl (C=O) groups excluding carboxylic acids is 1. The number of thioether (sulfide) groups is 1. The van der Waals surface area contributed by atoms with Crippen LogP contribution in [0.2, 0.25) is 0 Å². The van der Waals surface area contributed by atoms with Crippen molar-refractivity contribution in [3.63, 3.8) is 0 Å². The second-order valence-corrected chi connectivity index (χ2v) is 7.03. The number of carboxylic acids is 1. The number of nitrogens with zero attached hydrogens (tertiary/aromatic N) is 1.